The summed E-state index contributed by atoms with van der Waals surface area (Å²) in [6.45, 7) is 6.84. The van der Waals surface area contributed by atoms with Gasteiger partial charge in [0.25, 0.3) is 0 Å². The number of ether oxygens (including phenoxy) is 2. The third kappa shape index (κ3) is 10.7. The fourth-order valence-corrected chi connectivity index (χ4v) is 7.16. The minimum absolute atomic E-state index is 0.0173. The number of nitrogens with one attached hydrogen (secondary N) is 2. The van der Waals surface area contributed by atoms with Gasteiger partial charge in [0, 0.05) is 52.1 Å². The molecule has 9 nitrogen and oxygen atoms in total. The van der Waals surface area contributed by atoms with Crippen LogP contribution in [0, 0.1) is 0 Å². The summed E-state index contributed by atoms with van der Waals surface area (Å²) in [5, 5.41) is 16.3. The first-order valence-corrected chi connectivity index (χ1v) is 18.5. The van der Waals surface area contributed by atoms with E-state index >= 15 is 0 Å². The molecule has 1 fully saturated rings. The fraction of sp³-hybridized carbons (Fsp3) is 0.375. The number of ketones is 1. The molecular weight excluding hydrogens is 651 g/mol. The van der Waals surface area contributed by atoms with Gasteiger partial charge in [0.1, 0.15) is 23.9 Å². The highest BCUT2D eigenvalue weighted by Gasteiger charge is 2.22. The normalized spacial score (nSPS) is 13.4. The molecule has 50 heavy (non-hydrogen) atoms. The molecule has 4 aromatic rings. The zero-order valence-corrected chi connectivity index (χ0v) is 29.6. The summed E-state index contributed by atoms with van der Waals surface area (Å²) in [5.74, 6) is 1.13. The third-order valence-corrected chi connectivity index (χ3v) is 9.82. The van der Waals surface area contributed by atoms with E-state index < -0.39 is 6.09 Å². The predicted molar refractivity (Wildman–Crippen MR) is 200 cm³/mol. The van der Waals surface area contributed by atoms with Gasteiger partial charge in [-0.15, -0.1) is 11.3 Å². The summed E-state index contributed by atoms with van der Waals surface area (Å²) in [5.41, 5.74) is 1.90. The van der Waals surface area contributed by atoms with E-state index in [0.29, 0.717) is 43.0 Å². The van der Waals surface area contributed by atoms with Crippen LogP contribution in [-0.2, 0) is 4.79 Å². The Morgan fingerprint density at radius 3 is 2.32 bits per heavy atom. The Balaban J connectivity index is 1.19. The van der Waals surface area contributed by atoms with E-state index in [1.807, 2.05) is 37.3 Å². The summed E-state index contributed by atoms with van der Waals surface area (Å²) in [6.07, 6.45) is 10.9. The van der Waals surface area contributed by atoms with E-state index in [1.165, 1.54) is 30.6 Å². The molecule has 10 heteroatoms. The SMILES string of the molecule is CC/C=C\CC(=O)NCCCCCNC(=O)Oc1ccc2c(C(=O)c3ccc(OCCN4CCCCC4)cc3)c(-c3ccc(O)cc3)sc2c1. The Bertz CT molecular complexity index is 1740. The van der Waals surface area contributed by atoms with Crippen molar-refractivity contribution in [3.05, 3.63) is 90.0 Å². The molecule has 1 saturated heterocycles. The second kappa shape index (κ2) is 18.9. The largest absolute Gasteiger partial charge is 0.508 e. The second-order valence-corrected chi connectivity index (χ2v) is 13.5. The van der Waals surface area contributed by atoms with Crippen LogP contribution in [0.1, 0.15) is 74.2 Å². The third-order valence-electron chi connectivity index (χ3n) is 8.62. The minimum Gasteiger partial charge on any atom is -0.508 e. The van der Waals surface area contributed by atoms with Gasteiger partial charge in [-0.25, -0.2) is 4.79 Å². The van der Waals surface area contributed by atoms with E-state index in [4.69, 9.17) is 9.47 Å². The molecule has 3 aromatic carbocycles. The molecule has 264 valence electrons. The molecule has 0 unspecified atom stereocenters. The van der Waals surface area contributed by atoms with E-state index in [9.17, 15) is 19.5 Å². The van der Waals surface area contributed by atoms with Crippen molar-refractivity contribution in [3.63, 3.8) is 0 Å². The van der Waals surface area contributed by atoms with E-state index in [1.54, 1.807) is 48.5 Å². The predicted octanol–water partition coefficient (Wildman–Crippen LogP) is 8.10. The number of carbonyl (C=O) groups is 3. The van der Waals surface area contributed by atoms with Crippen molar-refractivity contribution >= 4 is 39.2 Å². The molecule has 1 aliphatic rings. The first-order valence-electron chi connectivity index (χ1n) is 17.6. The molecule has 0 radical (unpaired) electrons. The smallest absolute Gasteiger partial charge is 0.412 e. The van der Waals surface area contributed by atoms with Gasteiger partial charge in [0.15, 0.2) is 5.78 Å². The van der Waals surface area contributed by atoms with Crippen molar-refractivity contribution in [2.45, 2.75) is 58.3 Å². The maximum atomic E-state index is 14.1. The summed E-state index contributed by atoms with van der Waals surface area (Å²) in [4.78, 5) is 41.6. The Morgan fingerprint density at radius 1 is 0.860 bits per heavy atom. The van der Waals surface area contributed by atoms with Crippen molar-refractivity contribution in [1.82, 2.24) is 15.5 Å². The first-order chi connectivity index (χ1) is 24.4. The number of phenols is 1. The summed E-state index contributed by atoms with van der Waals surface area (Å²) in [6, 6.07) is 19.4. The quantitative estimate of drug-likeness (QED) is 0.0580. The van der Waals surface area contributed by atoms with E-state index in [2.05, 4.69) is 15.5 Å². The monoisotopic (exact) mass is 697 g/mol. The second-order valence-electron chi connectivity index (χ2n) is 12.4. The molecule has 5 rings (SSSR count). The van der Waals surface area contributed by atoms with E-state index in [-0.39, 0.29) is 17.4 Å². The van der Waals surface area contributed by atoms with Crippen molar-refractivity contribution < 1.29 is 29.0 Å². The highest BCUT2D eigenvalue weighted by atomic mass is 32.1. The summed E-state index contributed by atoms with van der Waals surface area (Å²) < 4.78 is 12.4. The molecule has 0 aliphatic carbocycles. The van der Waals surface area contributed by atoms with Gasteiger partial charge < -0.3 is 25.2 Å². The van der Waals surface area contributed by atoms with E-state index in [0.717, 1.165) is 71.6 Å². The number of allylic oxidation sites excluding steroid dienone is 1. The van der Waals surface area contributed by atoms with Crippen molar-refractivity contribution in [1.29, 1.82) is 0 Å². The lowest BCUT2D eigenvalue weighted by molar-refractivity contribution is -0.120. The molecule has 0 atom stereocenters. The summed E-state index contributed by atoms with van der Waals surface area (Å²) >= 11 is 1.43. The van der Waals surface area contributed by atoms with Crippen LogP contribution in [0.15, 0.2) is 78.9 Å². The number of hydrogen-bond donors (Lipinski definition) is 3. The van der Waals surface area contributed by atoms with Crippen molar-refractivity contribution in [2.24, 2.45) is 0 Å². The highest BCUT2D eigenvalue weighted by Crippen LogP contribution is 2.41. The van der Waals surface area contributed by atoms with Gasteiger partial charge in [0.2, 0.25) is 5.91 Å². The van der Waals surface area contributed by atoms with Crippen LogP contribution in [0.5, 0.6) is 17.2 Å². The lowest BCUT2D eigenvalue weighted by Gasteiger charge is -2.26. The maximum absolute atomic E-state index is 14.1. The molecule has 1 aliphatic heterocycles. The Kier molecular flexibility index (Phi) is 13.8. The van der Waals surface area contributed by atoms with Crippen LogP contribution in [0.2, 0.25) is 0 Å². The average Bonchev–Trinajstić information content (AvgIpc) is 3.51. The number of amides is 2. The van der Waals surface area contributed by atoms with Crippen molar-refractivity contribution in [2.75, 3.05) is 39.3 Å². The first kappa shape index (κ1) is 36.6. The average molecular weight is 698 g/mol. The molecule has 0 saturated carbocycles. The molecular formula is C40H47N3O6S. The lowest BCUT2D eigenvalue weighted by Crippen LogP contribution is -2.33. The highest BCUT2D eigenvalue weighted by molar-refractivity contribution is 7.22. The zero-order chi connectivity index (χ0) is 35.1. The molecule has 1 aromatic heterocycles. The van der Waals surface area contributed by atoms with Gasteiger partial charge in [-0.05, 0) is 124 Å². The van der Waals surface area contributed by atoms with Crippen LogP contribution in [0.4, 0.5) is 4.79 Å². The van der Waals surface area contributed by atoms with Crippen molar-refractivity contribution in [3.8, 4) is 27.7 Å². The Hall–Kier alpha value is -4.67. The zero-order valence-electron chi connectivity index (χ0n) is 28.7. The number of phenolic OH excluding ortho intramolecular Hbond substituents is 1. The minimum atomic E-state index is -0.551. The number of unbranched alkanes of at least 4 members (excludes halogenated alkanes) is 2. The van der Waals surface area contributed by atoms with Crippen LogP contribution in [0.3, 0.4) is 0 Å². The standard InChI is InChI=1S/C40H47N3O6S/c1-2-3-6-11-36(45)41-22-7-4-8-23-42-40(47)49-33-20-21-34-35(28-33)50-39(30-12-16-31(44)17-13-30)37(34)38(46)29-14-18-32(19-15-29)48-27-26-43-24-9-5-10-25-43/h3,6,12-21,28,44H,2,4-5,7-11,22-27H2,1H3,(H,41,45)(H,42,47)/b6-3-. The Morgan fingerprint density at radius 2 is 1.58 bits per heavy atom. The van der Waals surface area contributed by atoms with Crippen LogP contribution < -0.4 is 20.1 Å². The number of piperidine rings is 1. The lowest BCUT2D eigenvalue weighted by atomic mass is 9.97. The van der Waals surface area contributed by atoms with Gasteiger partial charge in [-0.1, -0.05) is 25.5 Å². The molecule has 0 bridgehead atoms. The number of nitrogens with zero attached hydrogens (tertiary/aromatic N) is 1. The van der Waals surface area contributed by atoms with Crippen LogP contribution in [-0.4, -0.2) is 67.1 Å². The topological polar surface area (TPSA) is 117 Å². The van der Waals surface area contributed by atoms with Crippen LogP contribution in [0.25, 0.3) is 20.5 Å². The molecule has 2 amide bonds. The summed E-state index contributed by atoms with van der Waals surface area (Å²) in [7, 11) is 0. The number of benzene rings is 3. The van der Waals surface area contributed by atoms with Gasteiger partial charge in [-0.3, -0.25) is 14.5 Å². The maximum Gasteiger partial charge on any atom is 0.412 e. The number of aromatic hydroxyl groups is 1. The fourth-order valence-electron chi connectivity index (χ4n) is 5.92. The number of rotatable bonds is 17. The van der Waals surface area contributed by atoms with Gasteiger partial charge in [-0.2, -0.15) is 0 Å². The van der Waals surface area contributed by atoms with Gasteiger partial charge in [0.05, 0.1) is 0 Å². The molecule has 2 heterocycles. The van der Waals surface area contributed by atoms with Crippen LogP contribution >= 0.6 is 11.3 Å². The molecule has 0 spiro atoms. The number of hydrogen-bond acceptors (Lipinski definition) is 8. The molecule has 3 N–H and O–H groups in total. The number of carbonyl (C=O) groups excluding carboxylic acids is 3. The number of fused-ring (bicyclic) bond motifs is 1. The number of likely N-dealkylation sites (tertiary alicyclic amines) is 1. The number of thiophene rings is 1. The Labute approximate surface area is 298 Å². The van der Waals surface area contributed by atoms with Gasteiger partial charge >= 0.3 is 6.09 Å².